The monoisotopic (exact) mass is 557 g/mol. The number of rotatable bonds is 10. The van der Waals surface area contributed by atoms with E-state index in [1.807, 2.05) is 0 Å². The van der Waals surface area contributed by atoms with E-state index in [0.29, 0.717) is 11.3 Å². The molecule has 1 aliphatic rings. The van der Waals surface area contributed by atoms with Crippen LogP contribution in [-0.4, -0.2) is 22.6 Å². The van der Waals surface area contributed by atoms with Crippen LogP contribution in [-0.2, 0) is 9.59 Å². The van der Waals surface area contributed by atoms with Crippen LogP contribution in [0.5, 0.6) is 0 Å². The lowest BCUT2D eigenvalue weighted by Crippen LogP contribution is -2.26. The summed E-state index contributed by atoms with van der Waals surface area (Å²) >= 11 is 6.10. The van der Waals surface area contributed by atoms with Gasteiger partial charge in [-0.25, -0.2) is 0 Å². The van der Waals surface area contributed by atoms with Crippen LogP contribution in [0.15, 0.2) is 63.9 Å². The molecule has 0 atom stereocenters. The average molecular weight is 558 g/mol. The Labute approximate surface area is 231 Å². The fourth-order valence-electron chi connectivity index (χ4n) is 3.51. The molecule has 1 aliphatic heterocycles. The van der Waals surface area contributed by atoms with Gasteiger partial charge in [-0.15, -0.1) is 0 Å². The zero-order valence-corrected chi connectivity index (χ0v) is 24.6. The molecule has 0 aliphatic carbocycles. The Balaban J connectivity index is 0.000000750. The van der Waals surface area contributed by atoms with Gasteiger partial charge in [0.25, 0.3) is 0 Å². The number of nitrogens with zero attached hydrogens (tertiary/aromatic N) is 1. The molecular weight excluding hydrogens is 515 g/mol. The number of allylic oxidation sites excluding steroid dienone is 4. The van der Waals surface area contributed by atoms with Crippen molar-refractivity contribution in [3.8, 4) is 0 Å². The maximum atomic E-state index is 13.3. The van der Waals surface area contributed by atoms with E-state index in [4.69, 9.17) is 16.0 Å². The molecule has 2 heterocycles. The highest BCUT2D eigenvalue weighted by Crippen LogP contribution is 2.40. The molecule has 0 radical (unpaired) electrons. The lowest BCUT2D eigenvalue weighted by molar-refractivity contribution is -0.117. The zero-order chi connectivity index (χ0) is 29.5. The molecular formula is C30H43ClF3NO3. The summed E-state index contributed by atoms with van der Waals surface area (Å²) in [5.74, 6) is 0.927. The van der Waals surface area contributed by atoms with Gasteiger partial charge < -0.3 is 14.1 Å². The van der Waals surface area contributed by atoms with Crippen LogP contribution in [0.2, 0.25) is 0 Å². The first kappa shape index (κ1) is 35.5. The highest BCUT2D eigenvalue weighted by atomic mass is 35.5. The third-order valence-electron chi connectivity index (χ3n) is 5.82. The summed E-state index contributed by atoms with van der Waals surface area (Å²) in [7, 11) is 0. The van der Waals surface area contributed by atoms with Crippen molar-refractivity contribution in [1.82, 2.24) is 4.90 Å². The molecule has 38 heavy (non-hydrogen) atoms. The largest absolute Gasteiger partial charge is 0.472 e. The number of hydrogen-bond acceptors (Lipinski definition) is 4. The summed E-state index contributed by atoms with van der Waals surface area (Å²) in [6.07, 6.45) is 8.87. The molecule has 1 aromatic heterocycles. The van der Waals surface area contributed by atoms with E-state index < -0.39 is 11.7 Å². The summed E-state index contributed by atoms with van der Waals surface area (Å²) in [5, 5.41) is -0.127. The van der Waals surface area contributed by atoms with Gasteiger partial charge >= 0.3 is 6.18 Å². The first-order valence-corrected chi connectivity index (χ1v) is 13.5. The van der Waals surface area contributed by atoms with Crippen molar-refractivity contribution in [2.75, 3.05) is 0 Å². The third-order valence-corrected chi connectivity index (χ3v) is 6.29. The molecule has 0 spiro atoms. The van der Waals surface area contributed by atoms with Gasteiger partial charge in [0.05, 0.1) is 23.8 Å². The smallest absolute Gasteiger partial charge is 0.418 e. The fourth-order valence-corrected chi connectivity index (χ4v) is 3.80. The molecule has 214 valence electrons. The summed E-state index contributed by atoms with van der Waals surface area (Å²) in [5.41, 5.74) is -0.456. The van der Waals surface area contributed by atoms with Gasteiger partial charge in [-0.1, -0.05) is 78.0 Å². The molecule has 0 N–H and O–H groups in total. The van der Waals surface area contributed by atoms with Crippen molar-refractivity contribution in [3.05, 3.63) is 65.0 Å². The second-order valence-electron chi connectivity index (χ2n) is 9.43. The van der Waals surface area contributed by atoms with Gasteiger partial charge in [0.15, 0.2) is 5.78 Å². The lowest BCUT2D eigenvalue weighted by Gasteiger charge is -2.30. The van der Waals surface area contributed by atoms with Crippen LogP contribution in [0.3, 0.4) is 0 Å². The van der Waals surface area contributed by atoms with Crippen LogP contribution in [0.1, 0.15) is 99.0 Å². The Kier molecular flexibility index (Phi) is 16.7. The van der Waals surface area contributed by atoms with Gasteiger partial charge in [-0.3, -0.25) is 4.79 Å². The van der Waals surface area contributed by atoms with Gasteiger partial charge in [0.1, 0.15) is 10.9 Å². The minimum Gasteiger partial charge on any atom is -0.472 e. The van der Waals surface area contributed by atoms with Crippen molar-refractivity contribution in [3.63, 3.8) is 0 Å². The van der Waals surface area contributed by atoms with E-state index in [1.165, 1.54) is 64.3 Å². The van der Waals surface area contributed by atoms with Gasteiger partial charge in [0, 0.05) is 29.3 Å². The zero-order valence-electron chi connectivity index (χ0n) is 23.8. The first-order chi connectivity index (χ1) is 17.7. The SMILES string of the molecule is C=C1C(C(F)(F)F)=CC(c2ccoc2)=CN1/C(Cl)=C(\C)C(C)=O.CCCC(C)CCC.CCCCC(C)=O. The predicted molar refractivity (Wildman–Crippen MR) is 150 cm³/mol. The van der Waals surface area contributed by atoms with Crippen LogP contribution >= 0.6 is 11.6 Å². The number of alkyl halides is 3. The maximum absolute atomic E-state index is 13.3. The average Bonchev–Trinajstić information content (AvgIpc) is 3.37. The third kappa shape index (κ3) is 12.8. The summed E-state index contributed by atoms with van der Waals surface area (Å²) in [6.45, 7) is 16.8. The number of ketones is 2. The molecule has 0 saturated heterocycles. The summed E-state index contributed by atoms with van der Waals surface area (Å²) in [4.78, 5) is 22.7. The molecule has 8 heteroatoms. The molecule has 2 rings (SSSR count). The molecule has 0 amide bonds. The van der Waals surface area contributed by atoms with Crippen LogP contribution < -0.4 is 0 Å². The number of carbonyl (C=O) groups is 2. The Morgan fingerprint density at radius 1 is 1.08 bits per heavy atom. The summed E-state index contributed by atoms with van der Waals surface area (Å²) < 4.78 is 44.7. The molecule has 0 aromatic carbocycles. The molecule has 4 nitrogen and oxygen atoms in total. The second-order valence-corrected chi connectivity index (χ2v) is 9.79. The van der Waals surface area contributed by atoms with Crippen molar-refractivity contribution < 1.29 is 27.2 Å². The Morgan fingerprint density at radius 3 is 2.03 bits per heavy atom. The predicted octanol–water partition coefficient (Wildman–Crippen LogP) is 9.99. The normalized spacial score (nSPS) is 14.0. The standard InChI is InChI=1S/C16H13ClF3NO2.C8H18.C6H12O/c1-9(11(3)22)15(17)21-7-13(12-4-5-23-8-12)6-14(10(21)2)16(18,19)20;1-4-6-8(3)7-5-2;1-3-4-5-6(2)7/h4-8H,2H2,1,3H3;8H,4-7H2,1-3H3;3-5H2,1-2H3/b15-9+;;. The number of carbonyl (C=O) groups excluding carboxylic acids is 2. The van der Waals surface area contributed by atoms with E-state index >= 15 is 0 Å². The molecule has 0 bridgehead atoms. The van der Waals surface area contributed by atoms with E-state index in [1.54, 1.807) is 6.92 Å². The first-order valence-electron chi connectivity index (χ1n) is 13.1. The number of unbranched alkanes of at least 4 members (excludes halogenated alkanes) is 1. The maximum Gasteiger partial charge on any atom is 0.418 e. The second kappa shape index (κ2) is 17.9. The minimum atomic E-state index is -4.61. The van der Waals surface area contributed by atoms with Crippen molar-refractivity contribution in [2.45, 2.75) is 99.6 Å². The topological polar surface area (TPSA) is 50.5 Å². The number of hydrogen-bond donors (Lipinski definition) is 0. The highest BCUT2D eigenvalue weighted by Gasteiger charge is 2.39. The van der Waals surface area contributed by atoms with Crippen LogP contribution in [0.4, 0.5) is 13.2 Å². The minimum absolute atomic E-state index is 0.127. The Bertz CT molecular complexity index is 983. The summed E-state index contributed by atoms with van der Waals surface area (Å²) in [6, 6.07) is 1.53. The van der Waals surface area contributed by atoms with Gasteiger partial charge in [-0.2, -0.15) is 13.2 Å². The Hall–Kier alpha value is -2.54. The quantitative estimate of drug-likeness (QED) is 0.212. The number of furan rings is 1. The van der Waals surface area contributed by atoms with E-state index in [9.17, 15) is 22.8 Å². The van der Waals surface area contributed by atoms with E-state index in [2.05, 4.69) is 34.3 Å². The van der Waals surface area contributed by atoms with Crippen molar-refractivity contribution in [1.29, 1.82) is 0 Å². The van der Waals surface area contributed by atoms with E-state index in [0.717, 1.165) is 36.2 Å². The fraction of sp³-hybridized carbons (Fsp3) is 0.533. The molecule has 0 saturated carbocycles. The van der Waals surface area contributed by atoms with Crippen LogP contribution in [0, 0.1) is 5.92 Å². The Morgan fingerprint density at radius 2 is 1.66 bits per heavy atom. The number of halogens is 4. The lowest BCUT2D eigenvalue weighted by atomic mass is 10.0. The van der Waals surface area contributed by atoms with E-state index in [-0.39, 0.29) is 27.8 Å². The molecule has 0 unspecified atom stereocenters. The number of Topliss-reactive ketones (excluding diaryl/α,β-unsaturated/α-hetero) is 2. The van der Waals surface area contributed by atoms with Gasteiger partial charge in [0.2, 0.25) is 0 Å². The van der Waals surface area contributed by atoms with Crippen LogP contribution in [0.25, 0.3) is 5.57 Å². The highest BCUT2D eigenvalue weighted by molar-refractivity contribution is 6.31. The molecule has 1 aromatic rings. The van der Waals surface area contributed by atoms with Gasteiger partial charge in [-0.05, 0) is 45.3 Å². The van der Waals surface area contributed by atoms with Crippen molar-refractivity contribution >= 4 is 28.7 Å². The molecule has 0 fully saturated rings. The van der Waals surface area contributed by atoms with Crippen molar-refractivity contribution in [2.24, 2.45) is 5.92 Å².